The van der Waals surface area contributed by atoms with Gasteiger partial charge in [-0.05, 0) is 37.1 Å². The predicted molar refractivity (Wildman–Crippen MR) is 105 cm³/mol. The van der Waals surface area contributed by atoms with Crippen LogP contribution < -0.4 is 5.32 Å². The van der Waals surface area contributed by atoms with Gasteiger partial charge in [-0.25, -0.2) is 4.79 Å². The number of hydrogen-bond donors (Lipinski definition) is 1. The molecule has 0 bridgehead atoms. The summed E-state index contributed by atoms with van der Waals surface area (Å²) in [5.41, 5.74) is 0.0102. The number of allylic oxidation sites excluding steroid dienone is 3. The molecule has 0 amide bonds. The number of dihydropyridines is 1. The number of carbonyl (C=O) groups is 2. The van der Waals surface area contributed by atoms with Gasteiger partial charge in [0.25, 0.3) is 0 Å². The number of ketones is 1. The van der Waals surface area contributed by atoms with Crippen molar-refractivity contribution in [3.63, 3.8) is 0 Å². The molecule has 4 rings (SSSR count). The van der Waals surface area contributed by atoms with Crippen LogP contribution in [-0.4, -0.2) is 18.9 Å². The van der Waals surface area contributed by atoms with Gasteiger partial charge in [-0.1, -0.05) is 18.2 Å². The number of esters is 1. The van der Waals surface area contributed by atoms with E-state index in [9.17, 15) is 22.8 Å². The summed E-state index contributed by atoms with van der Waals surface area (Å²) in [4.78, 5) is 25.9. The third-order valence-corrected chi connectivity index (χ3v) is 5.76. The molecule has 0 unspecified atom stereocenters. The smallest absolute Gasteiger partial charge is 0.416 e. The van der Waals surface area contributed by atoms with E-state index in [1.54, 1.807) is 19.1 Å². The molecule has 5 nitrogen and oxygen atoms in total. The Hall–Kier alpha value is -3.29. The molecule has 0 radical (unpaired) electrons. The standard InChI is InChI=1S/C23H20F3NO4/c1-12-19(22(29)30-2)20(14-6-3-4-7-15(14)23(24,25)26)21-16(27-12)10-13(11-17(21)28)18-8-5-9-31-18/h3-9,13,20,27H,10-11H2,1-2H3/t13-,20-/m0/s1. The van der Waals surface area contributed by atoms with E-state index in [4.69, 9.17) is 9.15 Å². The summed E-state index contributed by atoms with van der Waals surface area (Å²) in [6.45, 7) is 1.60. The first-order chi connectivity index (χ1) is 14.7. The fraction of sp³-hybridized carbons (Fsp3) is 0.304. The Morgan fingerprint density at radius 3 is 2.55 bits per heavy atom. The van der Waals surface area contributed by atoms with Crippen molar-refractivity contribution in [3.8, 4) is 0 Å². The minimum atomic E-state index is -4.65. The third-order valence-electron chi connectivity index (χ3n) is 5.76. The first kappa shape index (κ1) is 21.0. The molecule has 1 N–H and O–H groups in total. The molecule has 8 heteroatoms. The maximum Gasteiger partial charge on any atom is 0.416 e. The van der Waals surface area contributed by atoms with Crippen LogP contribution in [0.5, 0.6) is 0 Å². The highest BCUT2D eigenvalue weighted by Crippen LogP contribution is 2.48. The van der Waals surface area contributed by atoms with Crippen LogP contribution in [0.4, 0.5) is 13.2 Å². The van der Waals surface area contributed by atoms with Crippen molar-refractivity contribution in [2.75, 3.05) is 7.11 Å². The van der Waals surface area contributed by atoms with Crippen LogP contribution in [0, 0.1) is 0 Å². The molecule has 31 heavy (non-hydrogen) atoms. The summed E-state index contributed by atoms with van der Waals surface area (Å²) < 4.78 is 51.8. The Labute approximate surface area is 176 Å². The summed E-state index contributed by atoms with van der Waals surface area (Å²) in [5, 5.41) is 3.08. The van der Waals surface area contributed by atoms with E-state index in [1.165, 1.54) is 24.5 Å². The van der Waals surface area contributed by atoms with Crippen LogP contribution in [-0.2, 0) is 20.5 Å². The lowest BCUT2D eigenvalue weighted by atomic mass is 9.71. The van der Waals surface area contributed by atoms with Crippen LogP contribution in [0.3, 0.4) is 0 Å². The van der Waals surface area contributed by atoms with E-state index in [0.717, 1.165) is 13.2 Å². The molecule has 1 aromatic heterocycles. The van der Waals surface area contributed by atoms with Crippen LogP contribution in [0.2, 0.25) is 0 Å². The molecule has 162 valence electrons. The second-order valence-electron chi connectivity index (χ2n) is 7.61. The molecular formula is C23H20F3NO4. The lowest BCUT2D eigenvalue weighted by molar-refractivity contribution is -0.139. The Morgan fingerprint density at radius 1 is 1.16 bits per heavy atom. The van der Waals surface area contributed by atoms with Crippen LogP contribution >= 0.6 is 0 Å². The van der Waals surface area contributed by atoms with E-state index in [0.29, 0.717) is 23.6 Å². The van der Waals surface area contributed by atoms with E-state index in [-0.39, 0.29) is 34.8 Å². The molecule has 0 fully saturated rings. The van der Waals surface area contributed by atoms with E-state index in [1.807, 2.05) is 0 Å². The summed E-state index contributed by atoms with van der Waals surface area (Å²) in [5.74, 6) is -1.88. The highest BCUT2D eigenvalue weighted by molar-refractivity contribution is 6.04. The topological polar surface area (TPSA) is 68.5 Å². The predicted octanol–water partition coefficient (Wildman–Crippen LogP) is 4.83. The summed E-state index contributed by atoms with van der Waals surface area (Å²) in [7, 11) is 1.16. The highest BCUT2D eigenvalue weighted by atomic mass is 19.4. The second kappa shape index (κ2) is 7.76. The first-order valence-corrected chi connectivity index (χ1v) is 9.74. The number of methoxy groups -OCH3 is 1. The number of alkyl halides is 3. The fourth-order valence-electron chi connectivity index (χ4n) is 4.46. The normalized spacial score (nSPS) is 21.6. The van der Waals surface area contributed by atoms with Crippen LogP contribution in [0.15, 0.2) is 69.6 Å². The Morgan fingerprint density at radius 2 is 1.90 bits per heavy atom. The van der Waals surface area contributed by atoms with Gasteiger partial charge < -0.3 is 14.5 Å². The fourth-order valence-corrected chi connectivity index (χ4v) is 4.46. The largest absolute Gasteiger partial charge is 0.469 e. The van der Waals surface area contributed by atoms with Gasteiger partial charge in [0.05, 0.1) is 24.5 Å². The maximum atomic E-state index is 13.8. The molecule has 0 saturated carbocycles. The van der Waals surface area contributed by atoms with Crippen molar-refractivity contribution >= 4 is 11.8 Å². The van der Waals surface area contributed by atoms with Crippen LogP contribution in [0.1, 0.15) is 48.5 Å². The zero-order valence-electron chi connectivity index (χ0n) is 16.9. The lowest BCUT2D eigenvalue weighted by Crippen LogP contribution is -2.36. The molecule has 1 aliphatic carbocycles. The molecule has 2 aromatic rings. The van der Waals surface area contributed by atoms with Crippen molar-refractivity contribution in [2.24, 2.45) is 0 Å². The van der Waals surface area contributed by atoms with Crippen molar-refractivity contribution in [3.05, 3.63) is 82.1 Å². The number of carbonyl (C=O) groups excluding carboxylic acids is 2. The van der Waals surface area contributed by atoms with Gasteiger partial charge >= 0.3 is 12.1 Å². The van der Waals surface area contributed by atoms with Gasteiger partial charge in [0, 0.05) is 35.2 Å². The molecule has 1 aliphatic heterocycles. The molecule has 2 heterocycles. The van der Waals surface area contributed by atoms with Crippen molar-refractivity contribution < 1.29 is 31.9 Å². The maximum absolute atomic E-state index is 13.8. The number of benzene rings is 1. The molecule has 1 aromatic carbocycles. The second-order valence-corrected chi connectivity index (χ2v) is 7.61. The zero-order valence-corrected chi connectivity index (χ0v) is 16.9. The molecule has 0 spiro atoms. The Kier molecular flexibility index (Phi) is 5.24. The number of nitrogens with one attached hydrogen (secondary N) is 1. The third kappa shape index (κ3) is 3.66. The number of furan rings is 1. The van der Waals surface area contributed by atoms with Gasteiger partial charge in [-0.15, -0.1) is 0 Å². The van der Waals surface area contributed by atoms with Crippen molar-refractivity contribution in [1.29, 1.82) is 0 Å². The average molecular weight is 431 g/mol. The van der Waals surface area contributed by atoms with E-state index >= 15 is 0 Å². The first-order valence-electron chi connectivity index (χ1n) is 9.74. The number of ether oxygens (including phenoxy) is 1. The SMILES string of the molecule is COC(=O)C1=C(C)NC2=C(C(=O)C[C@@H](c3ccco3)C2)[C@H]1c1ccccc1C(F)(F)F. The van der Waals surface area contributed by atoms with Crippen LogP contribution in [0.25, 0.3) is 0 Å². The highest BCUT2D eigenvalue weighted by Gasteiger charge is 2.45. The van der Waals surface area contributed by atoms with Gasteiger partial charge in [-0.3, -0.25) is 4.79 Å². The zero-order chi connectivity index (χ0) is 22.3. The van der Waals surface area contributed by atoms with Gasteiger partial charge in [0.2, 0.25) is 0 Å². The molecule has 0 saturated heterocycles. The number of hydrogen-bond acceptors (Lipinski definition) is 5. The lowest BCUT2D eigenvalue weighted by Gasteiger charge is -2.36. The van der Waals surface area contributed by atoms with Gasteiger partial charge in [-0.2, -0.15) is 13.2 Å². The summed E-state index contributed by atoms with van der Waals surface area (Å²) >= 11 is 0. The summed E-state index contributed by atoms with van der Waals surface area (Å²) in [6, 6.07) is 8.52. The Balaban J connectivity index is 1.90. The Bertz CT molecular complexity index is 1100. The molecule has 2 atom stereocenters. The number of Topliss-reactive ketones (excluding diaryl/α,β-unsaturated/α-hetero) is 1. The van der Waals surface area contributed by atoms with Gasteiger partial charge in [0.1, 0.15) is 5.76 Å². The molecular weight excluding hydrogens is 411 g/mol. The minimum Gasteiger partial charge on any atom is -0.469 e. The quantitative estimate of drug-likeness (QED) is 0.705. The summed E-state index contributed by atoms with van der Waals surface area (Å²) in [6.07, 6.45) is -2.68. The minimum absolute atomic E-state index is 0.00255. The van der Waals surface area contributed by atoms with E-state index in [2.05, 4.69) is 5.32 Å². The number of rotatable bonds is 3. The number of halogens is 3. The van der Waals surface area contributed by atoms with Gasteiger partial charge in [0.15, 0.2) is 5.78 Å². The van der Waals surface area contributed by atoms with Crippen molar-refractivity contribution in [1.82, 2.24) is 5.32 Å². The molecule has 2 aliphatic rings. The average Bonchev–Trinajstić information content (AvgIpc) is 3.26. The van der Waals surface area contributed by atoms with E-state index < -0.39 is 23.6 Å². The monoisotopic (exact) mass is 431 g/mol. The van der Waals surface area contributed by atoms with Crippen molar-refractivity contribution in [2.45, 2.75) is 37.8 Å².